The quantitative estimate of drug-likeness (QED) is 0.584. The monoisotopic (exact) mass is 465 g/mol. The van der Waals surface area contributed by atoms with Crippen LogP contribution < -0.4 is 5.32 Å². The number of likely N-dealkylation sites (tertiary alicyclic amines) is 1. The molecular weight excluding hydrogens is 441 g/mol. The molecule has 170 valence electrons. The van der Waals surface area contributed by atoms with Gasteiger partial charge in [-0.05, 0) is 25.5 Å². The first kappa shape index (κ1) is 20.8. The SMILES string of the molecule is C[C@H]1CNCCN1Cc1c(F)cccc1-c1ncnc2cc(CN3C(=O)C4CC4C3=O)sc12. The second-order valence-corrected chi connectivity index (χ2v) is 10.3. The van der Waals surface area contributed by atoms with E-state index < -0.39 is 0 Å². The fourth-order valence-corrected chi connectivity index (χ4v) is 6.10. The zero-order valence-corrected chi connectivity index (χ0v) is 19.1. The van der Waals surface area contributed by atoms with Crippen LogP contribution in [0.25, 0.3) is 21.5 Å². The van der Waals surface area contributed by atoms with E-state index in [1.165, 1.54) is 28.6 Å². The van der Waals surface area contributed by atoms with Gasteiger partial charge in [0.1, 0.15) is 12.1 Å². The van der Waals surface area contributed by atoms with Gasteiger partial charge in [0, 0.05) is 48.2 Å². The molecule has 1 aliphatic carbocycles. The van der Waals surface area contributed by atoms with Gasteiger partial charge in [-0.1, -0.05) is 12.1 Å². The summed E-state index contributed by atoms with van der Waals surface area (Å²) in [6.07, 6.45) is 2.20. The first-order chi connectivity index (χ1) is 16.0. The second-order valence-electron chi connectivity index (χ2n) is 9.15. The average molecular weight is 466 g/mol. The van der Waals surface area contributed by atoms with E-state index in [9.17, 15) is 9.59 Å². The van der Waals surface area contributed by atoms with Gasteiger partial charge in [0.05, 0.1) is 34.3 Å². The lowest BCUT2D eigenvalue weighted by molar-refractivity contribution is -0.141. The van der Waals surface area contributed by atoms with Gasteiger partial charge in [0.25, 0.3) is 0 Å². The summed E-state index contributed by atoms with van der Waals surface area (Å²) in [5, 5.41) is 3.37. The summed E-state index contributed by atoms with van der Waals surface area (Å²) in [6.45, 7) is 5.54. The van der Waals surface area contributed by atoms with Crippen molar-refractivity contribution >= 4 is 33.4 Å². The Morgan fingerprint density at radius 2 is 2.00 bits per heavy atom. The van der Waals surface area contributed by atoms with E-state index in [1.54, 1.807) is 6.07 Å². The lowest BCUT2D eigenvalue weighted by atomic mass is 10.0. The van der Waals surface area contributed by atoms with Crippen molar-refractivity contribution in [2.45, 2.75) is 32.5 Å². The molecule has 33 heavy (non-hydrogen) atoms. The van der Waals surface area contributed by atoms with E-state index in [1.807, 2.05) is 12.1 Å². The molecule has 6 rings (SSSR count). The smallest absolute Gasteiger partial charge is 0.233 e. The molecule has 0 spiro atoms. The highest BCUT2D eigenvalue weighted by Gasteiger charge is 2.58. The molecule has 1 N–H and O–H groups in total. The lowest BCUT2D eigenvalue weighted by Crippen LogP contribution is -2.49. The molecule has 2 aromatic heterocycles. The van der Waals surface area contributed by atoms with Gasteiger partial charge in [-0.25, -0.2) is 14.4 Å². The van der Waals surface area contributed by atoms with Gasteiger partial charge in [0.2, 0.25) is 11.8 Å². The molecular formula is C24H24FN5O2S. The molecule has 2 aliphatic heterocycles. The van der Waals surface area contributed by atoms with Crippen molar-refractivity contribution in [3.63, 3.8) is 0 Å². The molecule has 3 aliphatic rings. The maximum atomic E-state index is 15.1. The fourth-order valence-electron chi connectivity index (χ4n) is 5.00. The number of hydrogen-bond acceptors (Lipinski definition) is 7. The van der Waals surface area contributed by atoms with Crippen molar-refractivity contribution in [1.29, 1.82) is 0 Å². The third-order valence-corrected chi connectivity index (χ3v) is 8.12. The van der Waals surface area contributed by atoms with Crippen LogP contribution >= 0.6 is 11.3 Å². The number of fused-ring (bicyclic) bond motifs is 2. The van der Waals surface area contributed by atoms with Gasteiger partial charge < -0.3 is 5.32 Å². The third-order valence-electron chi connectivity index (χ3n) is 7.01. The van der Waals surface area contributed by atoms with Crippen LogP contribution in [0.2, 0.25) is 0 Å². The van der Waals surface area contributed by atoms with Gasteiger partial charge in [0.15, 0.2) is 0 Å². The van der Waals surface area contributed by atoms with E-state index in [0.29, 0.717) is 30.3 Å². The number of nitrogens with one attached hydrogen (secondary N) is 1. The number of carbonyl (C=O) groups is 2. The molecule has 7 nitrogen and oxygen atoms in total. The number of piperidine rings is 1. The number of aromatic nitrogens is 2. The van der Waals surface area contributed by atoms with Gasteiger partial charge in [-0.15, -0.1) is 11.3 Å². The Morgan fingerprint density at radius 1 is 1.18 bits per heavy atom. The maximum Gasteiger partial charge on any atom is 0.233 e. The number of nitrogens with zero attached hydrogens (tertiary/aromatic N) is 4. The Hall–Kier alpha value is -2.75. The van der Waals surface area contributed by atoms with Crippen molar-refractivity contribution < 1.29 is 14.0 Å². The van der Waals surface area contributed by atoms with Crippen LogP contribution in [0.3, 0.4) is 0 Å². The number of hydrogen-bond donors (Lipinski definition) is 1. The van der Waals surface area contributed by atoms with E-state index in [-0.39, 0.29) is 36.0 Å². The van der Waals surface area contributed by atoms with Crippen LogP contribution in [0.15, 0.2) is 30.6 Å². The molecule has 3 atom stereocenters. The summed E-state index contributed by atoms with van der Waals surface area (Å²) >= 11 is 1.47. The number of piperazine rings is 1. The number of halogens is 1. The van der Waals surface area contributed by atoms with Crippen molar-refractivity contribution in [3.05, 3.63) is 46.9 Å². The third kappa shape index (κ3) is 3.55. The minimum Gasteiger partial charge on any atom is -0.314 e. The summed E-state index contributed by atoms with van der Waals surface area (Å²) in [7, 11) is 0. The van der Waals surface area contributed by atoms with E-state index in [0.717, 1.165) is 40.3 Å². The Morgan fingerprint density at radius 3 is 2.79 bits per heavy atom. The van der Waals surface area contributed by atoms with Crippen LogP contribution in [-0.4, -0.2) is 57.3 Å². The largest absolute Gasteiger partial charge is 0.314 e. The maximum absolute atomic E-state index is 15.1. The Labute approximate surface area is 194 Å². The average Bonchev–Trinajstić information content (AvgIpc) is 3.45. The van der Waals surface area contributed by atoms with Gasteiger partial charge in [-0.3, -0.25) is 19.4 Å². The first-order valence-electron chi connectivity index (χ1n) is 11.3. The molecule has 2 amide bonds. The van der Waals surface area contributed by atoms with E-state index in [4.69, 9.17) is 0 Å². The topological polar surface area (TPSA) is 78.4 Å². The summed E-state index contributed by atoms with van der Waals surface area (Å²) < 4.78 is 15.9. The molecule has 0 bridgehead atoms. The van der Waals surface area contributed by atoms with Crippen molar-refractivity contribution in [1.82, 2.24) is 25.1 Å². The summed E-state index contributed by atoms with van der Waals surface area (Å²) in [5.41, 5.74) is 2.83. The van der Waals surface area contributed by atoms with E-state index in [2.05, 4.69) is 27.1 Å². The molecule has 1 aromatic carbocycles. The van der Waals surface area contributed by atoms with Gasteiger partial charge >= 0.3 is 0 Å². The molecule has 4 heterocycles. The van der Waals surface area contributed by atoms with Crippen LogP contribution in [0.1, 0.15) is 23.8 Å². The predicted octanol–water partition coefficient (Wildman–Crippen LogP) is 2.80. The number of thiophene rings is 1. The van der Waals surface area contributed by atoms with Gasteiger partial charge in [-0.2, -0.15) is 0 Å². The number of carbonyl (C=O) groups excluding carboxylic acids is 2. The highest BCUT2D eigenvalue weighted by atomic mass is 32.1. The van der Waals surface area contributed by atoms with Crippen LogP contribution in [0.4, 0.5) is 4.39 Å². The molecule has 3 aromatic rings. The molecule has 2 unspecified atom stereocenters. The Bertz CT molecular complexity index is 1260. The zero-order valence-electron chi connectivity index (χ0n) is 18.3. The molecule has 1 saturated carbocycles. The molecule has 0 radical (unpaired) electrons. The minimum absolute atomic E-state index is 0.0636. The Balaban J connectivity index is 1.36. The van der Waals surface area contributed by atoms with Crippen molar-refractivity contribution in [2.75, 3.05) is 19.6 Å². The lowest BCUT2D eigenvalue weighted by Gasteiger charge is -2.34. The summed E-state index contributed by atoms with van der Waals surface area (Å²) in [5.74, 6) is -0.583. The Kier molecular flexibility index (Phi) is 5.01. The van der Waals surface area contributed by atoms with Crippen molar-refractivity contribution in [3.8, 4) is 11.3 Å². The summed E-state index contributed by atoms with van der Waals surface area (Å²) in [4.78, 5) is 38.3. The number of amides is 2. The van der Waals surface area contributed by atoms with Crippen LogP contribution in [-0.2, 0) is 22.7 Å². The standard InChI is InChI=1S/C24H24FN5O2S/c1-13-9-26-5-6-29(13)11-18-15(3-2-4-19(18)25)21-22-20(27-12-28-21)7-14(33-22)10-30-23(31)16-8-17(16)24(30)32/h2-4,7,12-13,16-17,26H,5-6,8-11H2,1H3/t13-,16?,17?/m0/s1. The van der Waals surface area contributed by atoms with Crippen LogP contribution in [0.5, 0.6) is 0 Å². The second kappa shape index (κ2) is 7.93. The number of rotatable bonds is 5. The normalized spacial score (nSPS) is 25.2. The molecule has 2 saturated heterocycles. The van der Waals surface area contributed by atoms with Crippen LogP contribution in [0, 0.1) is 17.7 Å². The molecule has 3 fully saturated rings. The zero-order chi connectivity index (χ0) is 22.7. The molecule has 9 heteroatoms. The van der Waals surface area contributed by atoms with E-state index >= 15 is 4.39 Å². The minimum atomic E-state index is -0.241. The summed E-state index contributed by atoms with van der Waals surface area (Å²) in [6, 6.07) is 7.35. The fraction of sp³-hybridized carbons (Fsp3) is 0.417. The predicted molar refractivity (Wildman–Crippen MR) is 123 cm³/mol. The van der Waals surface area contributed by atoms with Crippen molar-refractivity contribution in [2.24, 2.45) is 11.8 Å². The first-order valence-corrected chi connectivity index (χ1v) is 12.1. The highest BCUT2D eigenvalue weighted by molar-refractivity contribution is 7.19. The number of benzene rings is 1. The number of imide groups is 1. The highest BCUT2D eigenvalue weighted by Crippen LogP contribution is 2.47.